The summed E-state index contributed by atoms with van der Waals surface area (Å²) in [7, 11) is 0. The van der Waals surface area contributed by atoms with Crippen LogP contribution in [0.25, 0.3) is 0 Å². The summed E-state index contributed by atoms with van der Waals surface area (Å²) in [6.45, 7) is 1.92. The fraction of sp³-hybridized carbons (Fsp3) is 0.300. The summed E-state index contributed by atoms with van der Waals surface area (Å²) in [5.41, 5.74) is 0.611. The van der Waals surface area contributed by atoms with Crippen LogP contribution in [0.3, 0.4) is 0 Å². The number of ether oxygens (including phenoxy) is 1. The number of halogens is 1. The Morgan fingerprint density at radius 1 is 1.54 bits per heavy atom. The lowest BCUT2D eigenvalue weighted by atomic mass is 10.1. The molecule has 1 aromatic rings. The summed E-state index contributed by atoms with van der Waals surface area (Å²) < 4.78 is 5.42. The minimum Gasteiger partial charge on any atom is -0.480 e. The molecule has 0 fully saturated rings. The number of hydrogen-bond donors (Lipinski definition) is 0. The monoisotopic (exact) mass is 196 g/mol. The van der Waals surface area contributed by atoms with Crippen molar-refractivity contribution in [1.82, 2.24) is 0 Å². The van der Waals surface area contributed by atoms with Gasteiger partial charge in [0.05, 0.1) is 10.6 Å². The highest BCUT2D eigenvalue weighted by molar-refractivity contribution is 6.33. The number of fused-ring (bicyclic) bond motifs is 1. The van der Waals surface area contributed by atoms with Crippen molar-refractivity contribution in [3.8, 4) is 5.75 Å². The van der Waals surface area contributed by atoms with Gasteiger partial charge in [0, 0.05) is 0 Å². The average Bonchev–Trinajstić information content (AvgIpc) is 2.45. The van der Waals surface area contributed by atoms with Gasteiger partial charge in [-0.1, -0.05) is 24.6 Å². The average molecular weight is 197 g/mol. The maximum atomic E-state index is 11.6. The maximum Gasteiger partial charge on any atom is 0.207 e. The van der Waals surface area contributed by atoms with Crippen molar-refractivity contribution in [2.45, 2.75) is 19.4 Å². The summed E-state index contributed by atoms with van der Waals surface area (Å²) in [5.74, 6) is 0.584. The van der Waals surface area contributed by atoms with Crippen molar-refractivity contribution in [1.29, 1.82) is 0 Å². The number of hydrogen-bond acceptors (Lipinski definition) is 2. The number of benzene rings is 1. The van der Waals surface area contributed by atoms with Crippen LogP contribution in [-0.4, -0.2) is 11.9 Å². The lowest BCUT2D eigenvalue weighted by Crippen LogP contribution is -2.18. The van der Waals surface area contributed by atoms with E-state index in [-0.39, 0.29) is 11.9 Å². The maximum absolute atomic E-state index is 11.6. The van der Waals surface area contributed by atoms with E-state index in [0.29, 0.717) is 22.8 Å². The second-order valence-corrected chi connectivity index (χ2v) is 3.40. The van der Waals surface area contributed by atoms with Crippen LogP contribution in [0.1, 0.15) is 23.7 Å². The Balaban J connectivity index is 2.49. The third-order valence-corrected chi connectivity index (χ3v) is 2.45. The van der Waals surface area contributed by atoms with Crippen molar-refractivity contribution in [3.63, 3.8) is 0 Å². The predicted molar refractivity (Wildman–Crippen MR) is 50.5 cm³/mol. The summed E-state index contributed by atoms with van der Waals surface area (Å²) >= 11 is 5.88. The fourth-order valence-electron chi connectivity index (χ4n) is 1.46. The molecule has 0 saturated heterocycles. The molecule has 1 aliphatic heterocycles. The molecule has 0 bridgehead atoms. The van der Waals surface area contributed by atoms with Gasteiger partial charge in [0.25, 0.3) is 0 Å². The molecule has 1 atom stereocenters. The third kappa shape index (κ3) is 1.22. The molecule has 13 heavy (non-hydrogen) atoms. The molecule has 1 unspecified atom stereocenters. The summed E-state index contributed by atoms with van der Waals surface area (Å²) in [5, 5.41) is 0.516. The molecular formula is C10H9ClO2. The first-order valence-corrected chi connectivity index (χ1v) is 4.61. The molecule has 0 aliphatic carbocycles. The van der Waals surface area contributed by atoms with Gasteiger partial charge in [0.15, 0.2) is 6.10 Å². The van der Waals surface area contributed by atoms with Crippen molar-refractivity contribution in [2.24, 2.45) is 0 Å². The Kier molecular flexibility index (Phi) is 2.00. The zero-order valence-electron chi connectivity index (χ0n) is 7.21. The molecular weight excluding hydrogens is 188 g/mol. The molecule has 1 heterocycles. The smallest absolute Gasteiger partial charge is 0.207 e. The highest BCUT2D eigenvalue weighted by atomic mass is 35.5. The first-order chi connectivity index (χ1) is 6.24. The van der Waals surface area contributed by atoms with E-state index >= 15 is 0 Å². The Bertz CT molecular complexity index is 360. The summed E-state index contributed by atoms with van der Waals surface area (Å²) in [4.78, 5) is 11.6. The molecule has 2 nitrogen and oxygen atoms in total. The SMILES string of the molecule is CCC1Oc2c(Cl)cccc2C1=O. The second-order valence-electron chi connectivity index (χ2n) is 3.00. The number of rotatable bonds is 1. The van der Waals surface area contributed by atoms with Crippen molar-refractivity contribution < 1.29 is 9.53 Å². The molecule has 0 amide bonds. The number of Topliss-reactive ketones (excluding diaryl/α,β-unsaturated/α-hetero) is 1. The molecule has 0 saturated carbocycles. The number of para-hydroxylation sites is 1. The first-order valence-electron chi connectivity index (χ1n) is 4.23. The minimum absolute atomic E-state index is 0.0417. The van der Waals surface area contributed by atoms with E-state index in [1.165, 1.54) is 0 Å². The van der Waals surface area contributed by atoms with Gasteiger partial charge < -0.3 is 4.74 Å². The van der Waals surface area contributed by atoms with Crippen LogP contribution >= 0.6 is 11.6 Å². The van der Waals surface area contributed by atoms with Crippen molar-refractivity contribution >= 4 is 17.4 Å². The summed E-state index contributed by atoms with van der Waals surface area (Å²) in [6, 6.07) is 5.24. The summed E-state index contributed by atoms with van der Waals surface area (Å²) in [6.07, 6.45) is 0.346. The van der Waals surface area contributed by atoms with E-state index in [1.54, 1.807) is 18.2 Å². The van der Waals surface area contributed by atoms with E-state index in [4.69, 9.17) is 16.3 Å². The topological polar surface area (TPSA) is 26.3 Å². The van der Waals surface area contributed by atoms with Gasteiger partial charge in [-0.3, -0.25) is 4.79 Å². The Morgan fingerprint density at radius 3 is 2.92 bits per heavy atom. The standard InChI is InChI=1S/C10H9ClO2/c1-2-8-9(12)6-4-3-5-7(11)10(6)13-8/h3-5,8H,2H2,1H3. The molecule has 0 N–H and O–H groups in total. The van der Waals surface area contributed by atoms with Crippen molar-refractivity contribution in [3.05, 3.63) is 28.8 Å². The number of carbonyl (C=O) groups excluding carboxylic acids is 1. The van der Waals surface area contributed by atoms with Crippen LogP contribution in [0.5, 0.6) is 5.75 Å². The molecule has 0 radical (unpaired) electrons. The van der Waals surface area contributed by atoms with E-state index in [9.17, 15) is 4.79 Å². The molecule has 3 heteroatoms. The van der Waals surface area contributed by atoms with Crippen LogP contribution < -0.4 is 4.74 Å². The van der Waals surface area contributed by atoms with Gasteiger partial charge in [-0.25, -0.2) is 0 Å². The minimum atomic E-state index is -0.338. The van der Waals surface area contributed by atoms with Crippen LogP contribution in [0, 0.1) is 0 Å². The van der Waals surface area contributed by atoms with Gasteiger partial charge in [-0.2, -0.15) is 0 Å². The van der Waals surface area contributed by atoms with E-state index in [2.05, 4.69) is 0 Å². The lowest BCUT2D eigenvalue weighted by molar-refractivity contribution is 0.0853. The highest BCUT2D eigenvalue weighted by Crippen LogP contribution is 2.36. The van der Waals surface area contributed by atoms with E-state index in [1.807, 2.05) is 6.92 Å². The van der Waals surface area contributed by atoms with Gasteiger partial charge >= 0.3 is 0 Å². The van der Waals surface area contributed by atoms with Crippen LogP contribution in [0.4, 0.5) is 0 Å². The van der Waals surface area contributed by atoms with Gasteiger partial charge in [0.2, 0.25) is 5.78 Å². The third-order valence-electron chi connectivity index (χ3n) is 2.16. The normalized spacial score (nSPS) is 19.8. The predicted octanol–water partition coefficient (Wildman–Crippen LogP) is 2.69. The lowest BCUT2D eigenvalue weighted by Gasteiger charge is -2.05. The van der Waals surface area contributed by atoms with Crippen LogP contribution in [0.2, 0.25) is 5.02 Å². The van der Waals surface area contributed by atoms with Gasteiger partial charge in [-0.05, 0) is 18.6 Å². The van der Waals surface area contributed by atoms with Crippen LogP contribution in [-0.2, 0) is 0 Å². The second kappa shape index (κ2) is 3.04. The zero-order valence-corrected chi connectivity index (χ0v) is 7.97. The van der Waals surface area contributed by atoms with Gasteiger partial charge in [0.1, 0.15) is 5.75 Å². The fourth-order valence-corrected chi connectivity index (χ4v) is 1.68. The Morgan fingerprint density at radius 2 is 2.31 bits per heavy atom. The highest BCUT2D eigenvalue weighted by Gasteiger charge is 2.32. The number of ketones is 1. The molecule has 2 rings (SSSR count). The first kappa shape index (κ1) is 8.57. The quantitative estimate of drug-likeness (QED) is 0.691. The molecule has 1 aliphatic rings. The van der Waals surface area contributed by atoms with E-state index < -0.39 is 0 Å². The van der Waals surface area contributed by atoms with Crippen molar-refractivity contribution in [2.75, 3.05) is 0 Å². The zero-order chi connectivity index (χ0) is 9.42. The molecule has 1 aromatic carbocycles. The Labute approximate surface area is 81.5 Å². The molecule has 68 valence electrons. The van der Waals surface area contributed by atoms with E-state index in [0.717, 1.165) is 0 Å². The van der Waals surface area contributed by atoms with Gasteiger partial charge in [-0.15, -0.1) is 0 Å². The van der Waals surface area contributed by atoms with Crippen LogP contribution in [0.15, 0.2) is 18.2 Å². The molecule has 0 spiro atoms. The number of carbonyl (C=O) groups is 1. The largest absolute Gasteiger partial charge is 0.480 e. The molecule has 0 aromatic heterocycles. The Hall–Kier alpha value is -1.02.